The summed E-state index contributed by atoms with van der Waals surface area (Å²) in [6.07, 6.45) is 5.22. The summed E-state index contributed by atoms with van der Waals surface area (Å²) in [5.74, 6) is 1.97. The lowest BCUT2D eigenvalue weighted by Gasteiger charge is -2.21. The van der Waals surface area contributed by atoms with Crippen molar-refractivity contribution >= 4 is 0 Å². The Labute approximate surface area is 116 Å². The van der Waals surface area contributed by atoms with Gasteiger partial charge in [0.25, 0.3) is 0 Å². The predicted octanol–water partition coefficient (Wildman–Crippen LogP) is 4.03. The van der Waals surface area contributed by atoms with E-state index in [0.717, 1.165) is 17.9 Å². The molecule has 0 aromatic heterocycles. The van der Waals surface area contributed by atoms with Gasteiger partial charge in [0.1, 0.15) is 5.75 Å². The van der Waals surface area contributed by atoms with E-state index in [0.29, 0.717) is 23.8 Å². The summed E-state index contributed by atoms with van der Waals surface area (Å²) in [6, 6.07) is 4.78. The molecule has 2 aliphatic rings. The van der Waals surface area contributed by atoms with Crippen LogP contribution in [0.15, 0.2) is 12.1 Å². The molecule has 2 heteroatoms. The number of benzene rings is 1. The van der Waals surface area contributed by atoms with Crippen LogP contribution in [0.2, 0.25) is 0 Å². The average Bonchev–Trinajstić information content (AvgIpc) is 3.08. The normalized spacial score (nSPS) is 27.3. The van der Waals surface area contributed by atoms with Crippen LogP contribution in [0.3, 0.4) is 0 Å². The number of phenols is 1. The highest BCUT2D eigenvalue weighted by Gasteiger charge is 2.33. The Morgan fingerprint density at radius 3 is 2.74 bits per heavy atom. The maximum absolute atomic E-state index is 10.2. The molecule has 0 heterocycles. The van der Waals surface area contributed by atoms with Gasteiger partial charge in [-0.1, -0.05) is 25.8 Å². The highest BCUT2D eigenvalue weighted by atomic mass is 16.3. The van der Waals surface area contributed by atoms with Crippen LogP contribution >= 0.6 is 0 Å². The third-order valence-corrected chi connectivity index (χ3v) is 4.78. The number of rotatable bonds is 4. The van der Waals surface area contributed by atoms with E-state index < -0.39 is 0 Å². The Kier molecular flexibility index (Phi) is 3.30. The minimum absolute atomic E-state index is 0.332. The van der Waals surface area contributed by atoms with Gasteiger partial charge in [0.15, 0.2) is 0 Å². The number of aryl methyl sites for hydroxylation is 1. The third-order valence-electron chi connectivity index (χ3n) is 4.78. The average molecular weight is 259 g/mol. The summed E-state index contributed by atoms with van der Waals surface area (Å²) < 4.78 is 0. The Hall–Kier alpha value is -1.02. The molecule has 0 saturated heterocycles. The molecule has 2 aliphatic carbocycles. The van der Waals surface area contributed by atoms with Crippen molar-refractivity contribution in [2.45, 2.75) is 64.5 Å². The van der Waals surface area contributed by atoms with Gasteiger partial charge < -0.3 is 10.4 Å². The molecule has 1 fully saturated rings. The van der Waals surface area contributed by atoms with Crippen molar-refractivity contribution in [1.29, 1.82) is 0 Å². The van der Waals surface area contributed by atoms with Gasteiger partial charge in [-0.05, 0) is 55.7 Å². The summed E-state index contributed by atoms with van der Waals surface area (Å²) in [5.41, 5.74) is 3.85. The molecule has 3 atom stereocenters. The van der Waals surface area contributed by atoms with E-state index in [-0.39, 0.29) is 0 Å². The summed E-state index contributed by atoms with van der Waals surface area (Å²) >= 11 is 0. The van der Waals surface area contributed by atoms with E-state index in [4.69, 9.17) is 0 Å². The van der Waals surface area contributed by atoms with E-state index in [1.54, 1.807) is 0 Å². The Bertz CT molecular complexity index is 478. The van der Waals surface area contributed by atoms with E-state index >= 15 is 0 Å². The van der Waals surface area contributed by atoms with Crippen LogP contribution in [-0.4, -0.2) is 11.1 Å². The Morgan fingerprint density at radius 1 is 1.32 bits per heavy atom. The third kappa shape index (κ3) is 2.51. The van der Waals surface area contributed by atoms with Crippen molar-refractivity contribution in [1.82, 2.24) is 5.32 Å². The number of fused-ring (bicyclic) bond motifs is 1. The topological polar surface area (TPSA) is 32.3 Å². The SMILES string of the molecule is Cc1ccc(O)c2c1C(C)CC2NC(C)CC1CC1. The smallest absolute Gasteiger partial charge is 0.120 e. The van der Waals surface area contributed by atoms with Crippen LogP contribution in [0.5, 0.6) is 5.75 Å². The van der Waals surface area contributed by atoms with Crippen molar-refractivity contribution < 1.29 is 5.11 Å². The first kappa shape index (κ1) is 13.0. The van der Waals surface area contributed by atoms with Crippen molar-refractivity contribution in [3.05, 3.63) is 28.8 Å². The second-order valence-corrected chi connectivity index (χ2v) is 6.67. The minimum Gasteiger partial charge on any atom is -0.508 e. The molecule has 3 rings (SSSR count). The zero-order valence-electron chi connectivity index (χ0n) is 12.2. The fourth-order valence-corrected chi connectivity index (χ4v) is 3.76. The second-order valence-electron chi connectivity index (χ2n) is 6.67. The lowest BCUT2D eigenvalue weighted by atomic mass is 9.97. The maximum atomic E-state index is 10.2. The van der Waals surface area contributed by atoms with Crippen molar-refractivity contribution in [2.24, 2.45) is 5.92 Å². The lowest BCUT2D eigenvalue weighted by molar-refractivity contribution is 0.396. The van der Waals surface area contributed by atoms with Crippen LogP contribution in [0.25, 0.3) is 0 Å². The van der Waals surface area contributed by atoms with E-state index in [9.17, 15) is 5.11 Å². The first-order valence-corrected chi connectivity index (χ1v) is 7.64. The summed E-state index contributed by atoms with van der Waals surface area (Å²) in [4.78, 5) is 0. The molecule has 104 valence electrons. The Balaban J connectivity index is 1.80. The standard InChI is InChI=1S/C17H25NO/c1-10-4-7-15(19)17-14(8-11(2)16(10)17)18-12(3)9-13-5-6-13/h4,7,11-14,18-19H,5-6,8-9H2,1-3H3. The molecule has 1 saturated carbocycles. The summed E-state index contributed by atoms with van der Waals surface area (Å²) in [6.45, 7) is 6.72. The molecule has 0 spiro atoms. The summed E-state index contributed by atoms with van der Waals surface area (Å²) in [5, 5.41) is 14.0. The van der Waals surface area contributed by atoms with Crippen LogP contribution in [0.4, 0.5) is 0 Å². The largest absolute Gasteiger partial charge is 0.508 e. The number of aromatic hydroxyl groups is 1. The van der Waals surface area contributed by atoms with E-state index in [2.05, 4.69) is 26.1 Å². The fraction of sp³-hybridized carbons (Fsp3) is 0.647. The van der Waals surface area contributed by atoms with Gasteiger partial charge in [-0.2, -0.15) is 0 Å². The molecular formula is C17H25NO. The molecule has 1 aromatic rings. The molecule has 0 aliphatic heterocycles. The van der Waals surface area contributed by atoms with Gasteiger partial charge in [-0.3, -0.25) is 0 Å². The number of hydrogen-bond acceptors (Lipinski definition) is 2. The van der Waals surface area contributed by atoms with Crippen LogP contribution < -0.4 is 5.32 Å². The van der Waals surface area contributed by atoms with Crippen LogP contribution in [0, 0.1) is 12.8 Å². The van der Waals surface area contributed by atoms with Gasteiger partial charge in [-0.15, -0.1) is 0 Å². The van der Waals surface area contributed by atoms with Gasteiger partial charge in [0.05, 0.1) is 0 Å². The highest BCUT2D eigenvalue weighted by molar-refractivity contribution is 5.50. The molecule has 0 radical (unpaired) electrons. The highest BCUT2D eigenvalue weighted by Crippen LogP contribution is 2.46. The zero-order valence-corrected chi connectivity index (χ0v) is 12.2. The molecule has 2 N–H and O–H groups in total. The maximum Gasteiger partial charge on any atom is 0.120 e. The fourth-order valence-electron chi connectivity index (χ4n) is 3.76. The van der Waals surface area contributed by atoms with Crippen LogP contribution in [0.1, 0.15) is 68.2 Å². The first-order valence-electron chi connectivity index (χ1n) is 7.64. The Morgan fingerprint density at radius 2 is 2.05 bits per heavy atom. The zero-order chi connectivity index (χ0) is 13.6. The number of phenolic OH excluding ortho intramolecular Hbond substituents is 1. The van der Waals surface area contributed by atoms with Gasteiger partial charge in [-0.25, -0.2) is 0 Å². The molecule has 19 heavy (non-hydrogen) atoms. The van der Waals surface area contributed by atoms with E-state index in [1.807, 2.05) is 12.1 Å². The van der Waals surface area contributed by atoms with Gasteiger partial charge in [0.2, 0.25) is 0 Å². The number of hydrogen-bond donors (Lipinski definition) is 2. The van der Waals surface area contributed by atoms with E-state index in [1.165, 1.54) is 30.4 Å². The van der Waals surface area contributed by atoms with Crippen molar-refractivity contribution in [2.75, 3.05) is 0 Å². The van der Waals surface area contributed by atoms with Gasteiger partial charge in [0, 0.05) is 17.6 Å². The van der Waals surface area contributed by atoms with Crippen LogP contribution in [-0.2, 0) is 0 Å². The van der Waals surface area contributed by atoms with Crippen molar-refractivity contribution in [3.8, 4) is 5.75 Å². The van der Waals surface area contributed by atoms with Gasteiger partial charge >= 0.3 is 0 Å². The van der Waals surface area contributed by atoms with Crippen molar-refractivity contribution in [3.63, 3.8) is 0 Å². The predicted molar refractivity (Wildman–Crippen MR) is 78.6 cm³/mol. The second kappa shape index (κ2) is 4.82. The molecule has 2 nitrogen and oxygen atoms in total. The molecule has 3 unspecified atom stereocenters. The summed E-state index contributed by atoms with van der Waals surface area (Å²) in [7, 11) is 0. The monoisotopic (exact) mass is 259 g/mol. The quantitative estimate of drug-likeness (QED) is 0.855. The molecule has 1 aromatic carbocycles. The first-order chi connectivity index (χ1) is 9.06. The molecule has 0 amide bonds. The lowest BCUT2D eigenvalue weighted by Crippen LogP contribution is -2.29. The molecular weight excluding hydrogens is 234 g/mol. The molecule has 0 bridgehead atoms. The number of nitrogens with one attached hydrogen (secondary N) is 1. The minimum atomic E-state index is 0.332.